The van der Waals surface area contributed by atoms with Crippen molar-refractivity contribution in [2.75, 3.05) is 5.88 Å². The topological polar surface area (TPSA) is 75.0 Å². The second-order valence-corrected chi connectivity index (χ2v) is 3.30. The molecule has 0 spiro atoms. The number of rotatable bonds is 3. The Labute approximate surface area is 79.5 Å². The van der Waals surface area contributed by atoms with Crippen molar-refractivity contribution in [3.05, 3.63) is 11.5 Å². The lowest BCUT2D eigenvalue weighted by Crippen LogP contribution is -2.18. The molecule has 0 saturated carbocycles. The zero-order valence-corrected chi connectivity index (χ0v) is 8.10. The predicted octanol–water partition coefficient (Wildman–Crippen LogP) is 1.48. The smallest absolute Gasteiger partial charge is 0.437 e. The van der Waals surface area contributed by atoms with Crippen molar-refractivity contribution >= 4 is 17.9 Å². The van der Waals surface area contributed by atoms with Crippen LogP contribution >= 0.6 is 11.8 Å². The lowest BCUT2D eigenvalue weighted by Gasteiger charge is -1.93. The number of aryl methyl sites for hydroxylation is 2. The van der Waals surface area contributed by atoms with Crippen LogP contribution in [0.1, 0.15) is 11.5 Å². The van der Waals surface area contributed by atoms with Crippen molar-refractivity contribution in [3.8, 4) is 0 Å². The Balaban J connectivity index is 2.41. The van der Waals surface area contributed by atoms with Gasteiger partial charge in [-0.15, -0.1) is 0 Å². The summed E-state index contributed by atoms with van der Waals surface area (Å²) in [5, 5.41) is 12.5. The lowest BCUT2D eigenvalue weighted by atomic mass is 10.4. The van der Waals surface area contributed by atoms with E-state index in [-0.39, 0.29) is 5.88 Å². The van der Waals surface area contributed by atoms with Crippen LogP contribution in [0.3, 0.4) is 0 Å². The molecule has 1 aromatic rings. The summed E-state index contributed by atoms with van der Waals surface area (Å²) in [4.78, 5) is 14.0. The van der Waals surface area contributed by atoms with Crippen molar-refractivity contribution in [1.29, 1.82) is 0 Å². The van der Waals surface area contributed by atoms with Crippen LogP contribution in [0, 0.1) is 13.8 Å². The Bertz CT molecular complexity index is 291. The van der Waals surface area contributed by atoms with E-state index >= 15 is 0 Å². The molecule has 0 aliphatic heterocycles. The van der Waals surface area contributed by atoms with E-state index < -0.39 is 6.09 Å². The molecule has 0 saturated heterocycles. The minimum Gasteiger partial charge on any atom is -0.437 e. The molecule has 1 rings (SSSR count). The maximum Gasteiger partial charge on any atom is 0.451 e. The van der Waals surface area contributed by atoms with Gasteiger partial charge in [-0.2, -0.15) is 0 Å². The number of thioether (sulfide) groups is 1. The SMILES string of the molecule is Cc1nc(SCNC([O])=O)oc1C. The van der Waals surface area contributed by atoms with Gasteiger partial charge in [-0.1, -0.05) is 0 Å². The van der Waals surface area contributed by atoms with E-state index in [1.165, 1.54) is 11.8 Å². The Morgan fingerprint density at radius 3 is 2.77 bits per heavy atom. The number of nitrogens with one attached hydrogen (secondary N) is 1. The zero-order valence-electron chi connectivity index (χ0n) is 7.29. The van der Waals surface area contributed by atoms with Gasteiger partial charge in [0.05, 0.1) is 11.6 Å². The Morgan fingerprint density at radius 2 is 2.31 bits per heavy atom. The van der Waals surface area contributed by atoms with Crippen molar-refractivity contribution in [2.24, 2.45) is 0 Å². The standard InChI is InChI=1S/C7H9N2O3S/c1-4-5(2)12-7(9-4)13-3-8-6(10)11/h8H,3H2,1-2H3. The van der Waals surface area contributed by atoms with Crippen LogP contribution in [0.25, 0.3) is 0 Å². The quantitative estimate of drug-likeness (QED) is 0.593. The fourth-order valence-corrected chi connectivity index (χ4v) is 1.36. The Hall–Kier alpha value is -1.17. The second-order valence-electron chi connectivity index (χ2n) is 2.37. The number of nitrogens with zero attached hydrogens (tertiary/aromatic N) is 1. The van der Waals surface area contributed by atoms with Gasteiger partial charge < -0.3 is 9.73 Å². The molecule has 0 bridgehead atoms. The third-order valence-corrected chi connectivity index (χ3v) is 2.13. The number of aromatic nitrogens is 1. The molecule has 13 heavy (non-hydrogen) atoms. The fraction of sp³-hybridized carbons (Fsp3) is 0.429. The van der Waals surface area contributed by atoms with Gasteiger partial charge in [0.15, 0.2) is 0 Å². The lowest BCUT2D eigenvalue weighted by molar-refractivity contribution is 0.170. The Kier molecular flexibility index (Phi) is 3.18. The number of oxazole rings is 1. The molecule has 1 heterocycles. The predicted molar refractivity (Wildman–Crippen MR) is 45.9 cm³/mol. The first-order chi connectivity index (χ1) is 6.09. The van der Waals surface area contributed by atoms with Gasteiger partial charge in [0.1, 0.15) is 5.76 Å². The monoisotopic (exact) mass is 201 g/mol. The summed E-state index contributed by atoms with van der Waals surface area (Å²) in [6.45, 7) is 3.63. The number of hydrogen-bond acceptors (Lipinski definition) is 4. The van der Waals surface area contributed by atoms with Crippen LogP contribution < -0.4 is 5.32 Å². The van der Waals surface area contributed by atoms with Gasteiger partial charge in [0.25, 0.3) is 5.22 Å². The summed E-state index contributed by atoms with van der Waals surface area (Å²) < 4.78 is 5.19. The fourth-order valence-electron chi connectivity index (χ4n) is 0.662. The van der Waals surface area contributed by atoms with E-state index in [1.807, 2.05) is 6.92 Å². The highest BCUT2D eigenvalue weighted by Crippen LogP contribution is 2.18. The third-order valence-electron chi connectivity index (χ3n) is 1.42. The molecule has 1 N–H and O–H groups in total. The van der Waals surface area contributed by atoms with Crippen molar-refractivity contribution in [3.63, 3.8) is 0 Å². The first-order valence-electron chi connectivity index (χ1n) is 3.61. The summed E-state index contributed by atoms with van der Waals surface area (Å²) in [7, 11) is 0. The summed E-state index contributed by atoms with van der Waals surface area (Å²) >= 11 is 1.17. The Morgan fingerprint density at radius 1 is 1.62 bits per heavy atom. The van der Waals surface area contributed by atoms with E-state index in [0.717, 1.165) is 11.5 Å². The third kappa shape index (κ3) is 2.98. The van der Waals surface area contributed by atoms with E-state index in [9.17, 15) is 9.90 Å². The minimum absolute atomic E-state index is 0.182. The second kappa shape index (κ2) is 4.18. The average Bonchev–Trinajstić information content (AvgIpc) is 2.30. The molecule has 1 radical (unpaired) electrons. The molecule has 5 nitrogen and oxygen atoms in total. The highest BCUT2D eigenvalue weighted by Gasteiger charge is 2.06. The minimum atomic E-state index is -1.30. The normalized spacial score (nSPS) is 10.0. The van der Waals surface area contributed by atoms with Gasteiger partial charge in [0, 0.05) is 0 Å². The molecule has 6 heteroatoms. The van der Waals surface area contributed by atoms with Gasteiger partial charge in [-0.25, -0.2) is 14.9 Å². The summed E-state index contributed by atoms with van der Waals surface area (Å²) in [6.07, 6.45) is -1.30. The van der Waals surface area contributed by atoms with Gasteiger partial charge in [-0.3, -0.25) is 0 Å². The molecular weight excluding hydrogens is 192 g/mol. The van der Waals surface area contributed by atoms with E-state index in [0.29, 0.717) is 5.22 Å². The van der Waals surface area contributed by atoms with Gasteiger partial charge in [0.2, 0.25) is 0 Å². The highest BCUT2D eigenvalue weighted by atomic mass is 32.2. The van der Waals surface area contributed by atoms with Crippen molar-refractivity contribution in [2.45, 2.75) is 19.1 Å². The molecule has 0 aliphatic carbocycles. The van der Waals surface area contributed by atoms with E-state index in [2.05, 4.69) is 10.3 Å². The molecule has 0 atom stereocenters. The van der Waals surface area contributed by atoms with Crippen molar-refractivity contribution in [1.82, 2.24) is 10.3 Å². The molecule has 71 valence electrons. The van der Waals surface area contributed by atoms with Crippen LogP contribution in [-0.2, 0) is 5.11 Å². The number of hydrogen-bond donors (Lipinski definition) is 1. The molecule has 0 fully saturated rings. The van der Waals surface area contributed by atoms with Crippen molar-refractivity contribution < 1.29 is 14.3 Å². The van der Waals surface area contributed by atoms with Gasteiger partial charge >= 0.3 is 6.09 Å². The van der Waals surface area contributed by atoms with Crippen LogP contribution in [0.5, 0.6) is 0 Å². The molecule has 0 aliphatic rings. The molecule has 1 amide bonds. The highest BCUT2D eigenvalue weighted by molar-refractivity contribution is 7.99. The summed E-state index contributed by atoms with van der Waals surface area (Å²) in [6, 6.07) is 0. The first kappa shape index (κ1) is 9.91. The summed E-state index contributed by atoms with van der Waals surface area (Å²) in [5.41, 5.74) is 0.816. The molecular formula is C7H9N2O3S. The molecule has 1 aromatic heterocycles. The van der Waals surface area contributed by atoms with Crippen LogP contribution in [0.2, 0.25) is 0 Å². The van der Waals surface area contributed by atoms with E-state index in [1.54, 1.807) is 6.92 Å². The maximum atomic E-state index is 9.98. The van der Waals surface area contributed by atoms with E-state index in [4.69, 9.17) is 4.42 Å². The number of carbonyl (C=O) groups is 1. The van der Waals surface area contributed by atoms with Crippen LogP contribution in [0.4, 0.5) is 4.79 Å². The van der Waals surface area contributed by atoms with Crippen LogP contribution in [-0.4, -0.2) is 17.0 Å². The zero-order chi connectivity index (χ0) is 9.84. The number of amides is 1. The van der Waals surface area contributed by atoms with Crippen LogP contribution in [0.15, 0.2) is 9.64 Å². The number of carbonyl (C=O) groups excluding carboxylic acids is 1. The molecule has 0 aromatic carbocycles. The molecule has 0 unspecified atom stereocenters. The first-order valence-corrected chi connectivity index (χ1v) is 4.60. The largest absolute Gasteiger partial charge is 0.451 e. The average molecular weight is 201 g/mol. The van der Waals surface area contributed by atoms with Gasteiger partial charge in [-0.05, 0) is 25.6 Å². The summed E-state index contributed by atoms with van der Waals surface area (Å²) in [5.74, 6) is 0.929. The maximum absolute atomic E-state index is 9.98.